The number of halogens is 3. The first-order chi connectivity index (χ1) is 8.97. The largest absolute Gasteiger partial charge is 0.322 e. The maximum absolute atomic E-state index is 13.3. The molecule has 0 unspecified atom stereocenters. The molecule has 6 heteroatoms. The number of hydrogen-bond donors (Lipinski definition) is 1. The molecule has 0 radical (unpaired) electrons. The first-order valence-electron chi connectivity index (χ1n) is 5.37. The van der Waals surface area contributed by atoms with E-state index < -0.39 is 29.2 Å². The van der Waals surface area contributed by atoms with Gasteiger partial charge in [0.1, 0.15) is 0 Å². The van der Waals surface area contributed by atoms with Crippen molar-refractivity contribution in [1.29, 1.82) is 0 Å². The van der Waals surface area contributed by atoms with Crippen LogP contribution < -0.4 is 5.32 Å². The number of hydrogen-bond acceptors (Lipinski definition) is 2. The number of carbonyl (C=O) groups is 1. The Labute approximate surface area is 107 Å². The van der Waals surface area contributed by atoms with E-state index in [1.54, 1.807) is 18.2 Å². The molecule has 1 amide bonds. The number of nitrogens with one attached hydrogen (secondary N) is 1. The highest BCUT2D eigenvalue weighted by molar-refractivity contribution is 6.04. The van der Waals surface area contributed by atoms with Crippen LogP contribution in [0.15, 0.2) is 30.3 Å². The normalized spacial score (nSPS) is 10.3. The van der Waals surface area contributed by atoms with Crippen LogP contribution in [0, 0.1) is 24.6 Å². The molecular formula is C13H9F3N2O. The van der Waals surface area contributed by atoms with Gasteiger partial charge in [0.25, 0.3) is 11.9 Å². The highest BCUT2D eigenvalue weighted by Gasteiger charge is 2.18. The summed E-state index contributed by atoms with van der Waals surface area (Å²) in [5.41, 5.74) is 0.555. The summed E-state index contributed by atoms with van der Waals surface area (Å²) in [5, 5.41) is 2.35. The molecule has 1 aromatic carbocycles. The van der Waals surface area contributed by atoms with Gasteiger partial charge in [0.2, 0.25) is 5.95 Å². The monoisotopic (exact) mass is 266 g/mol. The molecule has 98 valence electrons. The second-order valence-electron chi connectivity index (χ2n) is 3.92. The molecule has 0 saturated carbocycles. The molecule has 3 nitrogen and oxygen atoms in total. The molecule has 0 aliphatic carbocycles. The molecule has 0 aliphatic heterocycles. The molecule has 0 bridgehead atoms. The van der Waals surface area contributed by atoms with Gasteiger partial charge in [-0.05, 0) is 24.6 Å². The Bertz CT molecular complexity index is 644. The van der Waals surface area contributed by atoms with Gasteiger partial charge in [-0.25, -0.2) is 4.39 Å². The quantitative estimate of drug-likeness (QED) is 0.849. The Balaban J connectivity index is 2.30. The number of rotatable bonds is 2. The van der Waals surface area contributed by atoms with Crippen LogP contribution in [0.3, 0.4) is 0 Å². The lowest BCUT2D eigenvalue weighted by molar-refractivity contribution is 0.102. The molecule has 2 aromatic rings. The van der Waals surface area contributed by atoms with E-state index in [9.17, 15) is 18.0 Å². The predicted molar refractivity (Wildman–Crippen MR) is 63.2 cm³/mol. The minimum atomic E-state index is -1.64. The van der Waals surface area contributed by atoms with Crippen molar-refractivity contribution in [3.63, 3.8) is 0 Å². The smallest absolute Gasteiger partial charge is 0.258 e. The number of nitrogens with zero attached hydrogens (tertiary/aromatic N) is 1. The minimum absolute atomic E-state index is 0.405. The molecular weight excluding hydrogens is 257 g/mol. The van der Waals surface area contributed by atoms with Crippen LogP contribution in [-0.4, -0.2) is 10.9 Å². The number of aryl methyl sites for hydroxylation is 1. The highest BCUT2D eigenvalue weighted by atomic mass is 19.2. The van der Waals surface area contributed by atoms with Crippen LogP contribution in [0.4, 0.5) is 18.9 Å². The molecule has 1 N–H and O–H groups in total. The molecule has 0 atom stereocenters. The van der Waals surface area contributed by atoms with Crippen molar-refractivity contribution in [3.8, 4) is 0 Å². The van der Waals surface area contributed by atoms with Gasteiger partial charge in [-0.1, -0.05) is 12.1 Å². The third kappa shape index (κ3) is 2.90. The average Bonchev–Trinajstić information content (AvgIpc) is 2.33. The van der Waals surface area contributed by atoms with Gasteiger partial charge in [-0.15, -0.1) is 0 Å². The van der Waals surface area contributed by atoms with Gasteiger partial charge in [0.15, 0.2) is 5.82 Å². The SMILES string of the molecule is Cc1cccc(NC(=O)c2cc(F)nc(F)c2F)c1. The summed E-state index contributed by atoms with van der Waals surface area (Å²) < 4.78 is 39.1. The summed E-state index contributed by atoms with van der Waals surface area (Å²) >= 11 is 0. The zero-order valence-corrected chi connectivity index (χ0v) is 9.88. The first-order valence-corrected chi connectivity index (χ1v) is 5.37. The lowest BCUT2D eigenvalue weighted by atomic mass is 10.2. The number of pyridine rings is 1. The van der Waals surface area contributed by atoms with E-state index in [2.05, 4.69) is 10.3 Å². The van der Waals surface area contributed by atoms with E-state index in [-0.39, 0.29) is 0 Å². The second kappa shape index (κ2) is 5.09. The van der Waals surface area contributed by atoms with Crippen LogP contribution in [-0.2, 0) is 0 Å². The molecule has 1 heterocycles. The van der Waals surface area contributed by atoms with Crippen molar-refractivity contribution in [1.82, 2.24) is 4.98 Å². The number of anilines is 1. The van der Waals surface area contributed by atoms with Crippen molar-refractivity contribution >= 4 is 11.6 Å². The van der Waals surface area contributed by atoms with Crippen molar-refractivity contribution in [3.05, 3.63) is 59.2 Å². The lowest BCUT2D eigenvalue weighted by Gasteiger charge is -2.07. The number of carbonyl (C=O) groups excluding carboxylic acids is 1. The zero-order valence-electron chi connectivity index (χ0n) is 9.88. The lowest BCUT2D eigenvalue weighted by Crippen LogP contribution is -2.16. The summed E-state index contributed by atoms with van der Waals surface area (Å²) in [6.07, 6.45) is 0. The Morgan fingerprint density at radius 3 is 2.63 bits per heavy atom. The van der Waals surface area contributed by atoms with Crippen molar-refractivity contribution in [2.45, 2.75) is 6.92 Å². The summed E-state index contributed by atoms with van der Waals surface area (Å²) in [5.74, 6) is -5.32. The standard InChI is InChI=1S/C13H9F3N2O/c1-7-3-2-4-8(5-7)17-13(19)9-6-10(14)18-12(16)11(9)15/h2-6H,1H3,(H,17,19). The van der Waals surface area contributed by atoms with Crippen molar-refractivity contribution in [2.24, 2.45) is 0 Å². The van der Waals surface area contributed by atoms with E-state index in [0.29, 0.717) is 11.8 Å². The molecule has 2 rings (SSSR count). The molecule has 0 spiro atoms. The van der Waals surface area contributed by atoms with Gasteiger partial charge < -0.3 is 5.32 Å². The van der Waals surface area contributed by atoms with Crippen molar-refractivity contribution in [2.75, 3.05) is 5.32 Å². The molecule has 0 fully saturated rings. The average molecular weight is 266 g/mol. The number of benzene rings is 1. The van der Waals surface area contributed by atoms with Gasteiger partial charge in [0.05, 0.1) is 5.56 Å². The van der Waals surface area contributed by atoms with Crippen LogP contribution in [0.1, 0.15) is 15.9 Å². The highest BCUT2D eigenvalue weighted by Crippen LogP contribution is 2.15. The Kier molecular flexibility index (Phi) is 3.50. The summed E-state index contributed by atoms with van der Waals surface area (Å²) in [6.45, 7) is 1.81. The first kappa shape index (κ1) is 13.1. The van der Waals surface area contributed by atoms with Gasteiger partial charge in [0, 0.05) is 11.8 Å². The van der Waals surface area contributed by atoms with E-state index in [1.165, 1.54) is 0 Å². The fourth-order valence-corrected chi connectivity index (χ4v) is 1.56. The van der Waals surface area contributed by atoms with E-state index in [0.717, 1.165) is 5.56 Å². The van der Waals surface area contributed by atoms with Crippen LogP contribution >= 0.6 is 0 Å². The van der Waals surface area contributed by atoms with Crippen LogP contribution in [0.2, 0.25) is 0 Å². The molecule has 0 aliphatic rings. The fourth-order valence-electron chi connectivity index (χ4n) is 1.56. The Morgan fingerprint density at radius 2 is 1.95 bits per heavy atom. The second-order valence-corrected chi connectivity index (χ2v) is 3.92. The third-order valence-corrected chi connectivity index (χ3v) is 2.41. The number of aromatic nitrogens is 1. The maximum Gasteiger partial charge on any atom is 0.258 e. The van der Waals surface area contributed by atoms with Gasteiger partial charge in [-0.3, -0.25) is 4.79 Å². The topological polar surface area (TPSA) is 42.0 Å². The Morgan fingerprint density at radius 1 is 1.21 bits per heavy atom. The van der Waals surface area contributed by atoms with Crippen LogP contribution in [0.5, 0.6) is 0 Å². The third-order valence-electron chi connectivity index (χ3n) is 2.41. The molecule has 0 saturated heterocycles. The minimum Gasteiger partial charge on any atom is -0.322 e. The summed E-state index contributed by atoms with van der Waals surface area (Å²) in [6, 6.07) is 7.26. The fraction of sp³-hybridized carbons (Fsp3) is 0.0769. The summed E-state index contributed by atoms with van der Waals surface area (Å²) in [7, 11) is 0. The maximum atomic E-state index is 13.3. The van der Waals surface area contributed by atoms with E-state index in [1.807, 2.05) is 13.0 Å². The summed E-state index contributed by atoms with van der Waals surface area (Å²) in [4.78, 5) is 14.4. The molecule has 1 aromatic heterocycles. The van der Waals surface area contributed by atoms with E-state index in [4.69, 9.17) is 0 Å². The number of amides is 1. The molecule has 19 heavy (non-hydrogen) atoms. The van der Waals surface area contributed by atoms with Crippen molar-refractivity contribution < 1.29 is 18.0 Å². The predicted octanol–water partition coefficient (Wildman–Crippen LogP) is 3.06. The zero-order chi connectivity index (χ0) is 14.0. The van der Waals surface area contributed by atoms with Gasteiger partial charge in [-0.2, -0.15) is 13.8 Å². The van der Waals surface area contributed by atoms with E-state index >= 15 is 0 Å². The Hall–Kier alpha value is -2.37. The van der Waals surface area contributed by atoms with Gasteiger partial charge >= 0.3 is 0 Å². The van der Waals surface area contributed by atoms with Crippen LogP contribution in [0.25, 0.3) is 0 Å².